The molecule has 12 rings (SSSR count). The van der Waals surface area contributed by atoms with Gasteiger partial charge in [-0.1, -0.05) is 128 Å². The lowest BCUT2D eigenvalue weighted by molar-refractivity contribution is -0.117. The molecule has 1 aliphatic carbocycles. The third kappa shape index (κ3) is 20.5. The maximum absolute atomic E-state index is 13.6. The Morgan fingerprint density at radius 3 is 1.04 bits per heavy atom. The minimum Gasteiger partial charge on any atom is -0.444 e. The summed E-state index contributed by atoms with van der Waals surface area (Å²) >= 11 is 0. The molecule has 9 aromatic carbocycles. The molecule has 0 unspecified atom stereocenters. The summed E-state index contributed by atoms with van der Waals surface area (Å²) in [6, 6.07) is 63.9. The maximum atomic E-state index is 13.6. The summed E-state index contributed by atoms with van der Waals surface area (Å²) in [4.78, 5) is 52.3. The average molecular weight is 1440 g/mol. The van der Waals surface area contributed by atoms with Gasteiger partial charge in [0.2, 0.25) is 17.7 Å². The van der Waals surface area contributed by atoms with Crippen LogP contribution in [0.15, 0.2) is 200 Å². The molecule has 0 atom stereocenters. The first kappa shape index (κ1) is 77.3. The maximum Gasteiger partial charge on any atom is 0.410 e. The van der Waals surface area contributed by atoms with E-state index in [4.69, 9.17) is 15.3 Å². The molecule has 0 radical (unpaired) electrons. The quantitative estimate of drug-likeness (QED) is 0.0603. The van der Waals surface area contributed by atoms with Crippen molar-refractivity contribution < 1.29 is 50.3 Å². The molecule has 3 fully saturated rings. The smallest absolute Gasteiger partial charge is 0.410 e. The molecule has 9 aromatic rings. The molecule has 2 heterocycles. The van der Waals surface area contributed by atoms with Crippen LogP contribution in [-0.2, 0) is 35.4 Å². The largest absolute Gasteiger partial charge is 0.444 e. The normalized spacial score (nSPS) is 14.9. The summed E-state index contributed by atoms with van der Waals surface area (Å²) in [6.45, 7) is 8.20. The SMILES string of the molecule is CC(C)(C)OC(=O)N1CCC(CCC(=O)Nc2ccc(F)c(F)c2)(c2ccc(-c3cccc(C#N)c3)cc2)CC1.N#Cc1cccc(-c2ccc(C3(CCC(=O)Nc4ccc(F)c(F)c4)CCCCC3)cc2)c1.N#Cc1cccc(-c2ccc(C3(CCC(=O)Nc4ccc(F)c(F)c4)CCNCC3)cc2)c1. The molecular formula is C87H84F6N8O5. The van der Waals surface area contributed by atoms with E-state index in [1.54, 1.807) is 23.1 Å². The second-order valence-electron chi connectivity index (χ2n) is 28.5. The topological polar surface area (TPSA) is 200 Å². The summed E-state index contributed by atoms with van der Waals surface area (Å²) in [5.41, 5.74) is 10.8. The number of piperidine rings is 2. The van der Waals surface area contributed by atoms with E-state index >= 15 is 0 Å². The number of halogens is 6. The van der Waals surface area contributed by atoms with Crippen LogP contribution >= 0.6 is 0 Å². The van der Waals surface area contributed by atoms with Gasteiger partial charge in [-0.15, -0.1) is 0 Å². The Balaban J connectivity index is 0.000000171. The average Bonchev–Trinajstić information content (AvgIpc) is 1.04. The molecule has 3 aliphatic rings. The number of nitrogens with one attached hydrogen (secondary N) is 4. The number of carbonyl (C=O) groups is 4. The zero-order chi connectivity index (χ0) is 75.4. The van der Waals surface area contributed by atoms with Gasteiger partial charge in [-0.3, -0.25) is 14.4 Å². The number of hydrogen-bond donors (Lipinski definition) is 4. The number of likely N-dealkylation sites (tertiary alicyclic amines) is 1. The van der Waals surface area contributed by atoms with E-state index < -0.39 is 40.5 Å². The summed E-state index contributed by atoms with van der Waals surface area (Å²) < 4.78 is 85.6. The standard InChI is InChI=1S/C32H33F2N3O3.C28H26F2N2O.C27H25F2N3O/c1-31(2,3)40-30(39)37-17-15-32(16-18-37,14-13-29(38)36-26-11-12-27(33)28(34)20-26)25-9-7-23(8-10-25)24-6-4-5-22(19-24)21-35;29-25-12-11-24(18-26(25)30)32-27(33)13-16-28(14-2-1-3-15-28)23-9-7-21(8-10-23)22-6-4-5-20(17-22)19-31;28-24-9-8-23(17-25(24)29)32-26(33)10-11-27(12-14-31-15-13-27)22-6-4-20(5-7-22)21-3-1-2-19(16-21)18-30/h4-12,19-20H,13-18H2,1-3H3,(H,36,38);4-12,17-18H,1-3,13-16H2,(H,32,33);1-9,16-17,31H,10-15H2,(H,32,33). The van der Waals surface area contributed by atoms with Gasteiger partial charge in [0.25, 0.3) is 0 Å². The molecule has 2 aliphatic heterocycles. The summed E-state index contributed by atoms with van der Waals surface area (Å²) in [5, 5.41) is 39.0. The van der Waals surface area contributed by atoms with Crippen molar-refractivity contribution in [1.82, 2.24) is 10.2 Å². The van der Waals surface area contributed by atoms with E-state index in [-0.39, 0.29) is 70.0 Å². The number of benzene rings is 9. The van der Waals surface area contributed by atoms with E-state index in [0.717, 1.165) is 127 Å². The first-order valence-corrected chi connectivity index (χ1v) is 35.7. The minimum absolute atomic E-state index is 0.0727. The Hall–Kier alpha value is -11.3. The molecule has 544 valence electrons. The molecule has 0 spiro atoms. The van der Waals surface area contributed by atoms with Crippen LogP contribution in [0.2, 0.25) is 0 Å². The third-order valence-electron chi connectivity index (χ3n) is 20.3. The molecule has 19 heteroatoms. The van der Waals surface area contributed by atoms with Gasteiger partial charge in [0.15, 0.2) is 34.9 Å². The van der Waals surface area contributed by atoms with E-state index in [9.17, 15) is 50.8 Å². The van der Waals surface area contributed by atoms with Gasteiger partial charge >= 0.3 is 6.09 Å². The highest BCUT2D eigenvalue weighted by Gasteiger charge is 2.40. The highest BCUT2D eigenvalue weighted by atomic mass is 19.2. The van der Waals surface area contributed by atoms with Crippen molar-refractivity contribution >= 4 is 40.9 Å². The van der Waals surface area contributed by atoms with Crippen molar-refractivity contribution in [1.29, 1.82) is 15.8 Å². The van der Waals surface area contributed by atoms with Crippen molar-refractivity contribution in [2.45, 2.75) is 139 Å². The highest BCUT2D eigenvalue weighted by molar-refractivity contribution is 5.92. The fourth-order valence-electron chi connectivity index (χ4n) is 14.4. The van der Waals surface area contributed by atoms with Crippen LogP contribution in [0.25, 0.3) is 33.4 Å². The van der Waals surface area contributed by atoms with Gasteiger partial charge in [-0.05, 0) is 231 Å². The molecule has 4 amide bonds. The van der Waals surface area contributed by atoms with Crippen molar-refractivity contribution in [2.75, 3.05) is 42.1 Å². The highest BCUT2D eigenvalue weighted by Crippen LogP contribution is 2.45. The molecular weight excluding hydrogens is 1350 g/mol. The van der Waals surface area contributed by atoms with Crippen LogP contribution in [0.5, 0.6) is 0 Å². The molecule has 13 nitrogen and oxygen atoms in total. The van der Waals surface area contributed by atoms with Crippen molar-refractivity contribution in [3.05, 3.63) is 268 Å². The lowest BCUT2D eigenvalue weighted by atomic mass is 9.66. The molecule has 0 aromatic heterocycles. The van der Waals surface area contributed by atoms with Gasteiger partial charge in [-0.2, -0.15) is 15.8 Å². The second-order valence-corrected chi connectivity index (χ2v) is 28.5. The van der Waals surface area contributed by atoms with E-state index in [1.807, 2.05) is 99.6 Å². The predicted octanol–water partition coefficient (Wildman–Crippen LogP) is 19.9. The zero-order valence-electron chi connectivity index (χ0n) is 59.6. The van der Waals surface area contributed by atoms with Crippen molar-refractivity contribution in [2.24, 2.45) is 0 Å². The van der Waals surface area contributed by atoms with Gasteiger partial charge in [0.05, 0.1) is 34.9 Å². The van der Waals surface area contributed by atoms with E-state index in [1.165, 1.54) is 35.7 Å². The van der Waals surface area contributed by atoms with Crippen LogP contribution < -0.4 is 21.3 Å². The number of rotatable bonds is 18. The summed E-state index contributed by atoms with van der Waals surface area (Å²) in [7, 11) is 0. The number of carbonyl (C=O) groups excluding carboxylic acids is 4. The van der Waals surface area contributed by atoms with Crippen molar-refractivity contribution in [3.63, 3.8) is 0 Å². The Morgan fingerprint density at radius 2 is 0.726 bits per heavy atom. The van der Waals surface area contributed by atoms with Crippen molar-refractivity contribution in [3.8, 4) is 51.6 Å². The molecule has 4 N–H and O–H groups in total. The van der Waals surface area contributed by atoms with E-state index in [0.29, 0.717) is 68.3 Å². The van der Waals surface area contributed by atoms with Crippen LogP contribution in [-0.4, -0.2) is 60.5 Å². The Kier molecular flexibility index (Phi) is 25.8. The minimum atomic E-state index is -1.02. The van der Waals surface area contributed by atoms with Crippen LogP contribution in [0.1, 0.15) is 150 Å². The lowest BCUT2D eigenvalue weighted by Gasteiger charge is -2.42. The van der Waals surface area contributed by atoms with Gasteiger partial charge < -0.3 is 30.9 Å². The van der Waals surface area contributed by atoms with Gasteiger partial charge in [0.1, 0.15) is 5.60 Å². The Labute approximate surface area is 615 Å². The molecule has 1 saturated carbocycles. The van der Waals surface area contributed by atoms with Crippen LogP contribution in [0.4, 0.5) is 48.2 Å². The summed E-state index contributed by atoms with van der Waals surface area (Å²) in [6.07, 6.45) is 10.8. The molecule has 106 heavy (non-hydrogen) atoms. The van der Waals surface area contributed by atoms with Crippen LogP contribution in [0.3, 0.4) is 0 Å². The first-order valence-electron chi connectivity index (χ1n) is 35.7. The van der Waals surface area contributed by atoms with Gasteiger partial charge in [0, 0.05) is 67.6 Å². The predicted molar refractivity (Wildman–Crippen MR) is 400 cm³/mol. The zero-order valence-corrected chi connectivity index (χ0v) is 59.6. The third-order valence-corrected chi connectivity index (χ3v) is 20.3. The summed E-state index contributed by atoms with van der Waals surface area (Å²) in [5.74, 6) is -6.55. The molecule has 2 saturated heterocycles. The lowest BCUT2D eigenvalue weighted by Crippen LogP contribution is -2.47. The Bertz CT molecular complexity index is 4520. The second kappa shape index (κ2) is 35.4. The monoisotopic (exact) mass is 1430 g/mol. The fourth-order valence-corrected chi connectivity index (χ4v) is 14.4. The number of hydrogen-bond acceptors (Lipinski definition) is 9. The van der Waals surface area contributed by atoms with E-state index in [2.05, 4.69) is 88.0 Å². The van der Waals surface area contributed by atoms with Crippen LogP contribution in [0, 0.1) is 68.9 Å². The first-order chi connectivity index (χ1) is 51.0. The Morgan fingerprint density at radius 1 is 0.406 bits per heavy atom. The fraction of sp³-hybridized carbons (Fsp3) is 0.299. The molecule has 0 bridgehead atoms. The number of ether oxygens (including phenoxy) is 1. The number of anilines is 3. The number of amides is 4. The van der Waals surface area contributed by atoms with Gasteiger partial charge in [-0.25, -0.2) is 31.1 Å². The number of nitriles is 3. The number of nitrogens with zero attached hydrogens (tertiary/aromatic N) is 4.